The third-order valence-electron chi connectivity index (χ3n) is 2.08. The van der Waals surface area contributed by atoms with Gasteiger partial charge in [-0.3, -0.25) is 4.79 Å². The minimum atomic E-state index is -0.837. The standard InChI is InChI=1S/C9H15N3O2S2/c1-7(3-4-15-2)12-6-10-11-9(12)16-5-8(13)14/h6-7H,3-5H2,1-2H3,(H,13,14). The molecule has 1 heterocycles. The van der Waals surface area contributed by atoms with Gasteiger partial charge in [0.15, 0.2) is 5.16 Å². The first kappa shape index (κ1) is 13.4. The Bertz CT molecular complexity index is 343. The van der Waals surface area contributed by atoms with Gasteiger partial charge in [-0.1, -0.05) is 11.8 Å². The van der Waals surface area contributed by atoms with E-state index in [1.807, 2.05) is 4.57 Å². The van der Waals surface area contributed by atoms with Gasteiger partial charge in [-0.25, -0.2) is 0 Å². The maximum atomic E-state index is 10.5. The zero-order chi connectivity index (χ0) is 12.0. The molecule has 90 valence electrons. The topological polar surface area (TPSA) is 68.0 Å². The van der Waals surface area contributed by atoms with E-state index >= 15 is 0 Å². The molecular formula is C9H15N3O2S2. The van der Waals surface area contributed by atoms with Crippen molar-refractivity contribution >= 4 is 29.5 Å². The third kappa shape index (κ3) is 4.05. The van der Waals surface area contributed by atoms with Gasteiger partial charge in [0.05, 0.1) is 5.75 Å². The second-order valence-corrected chi connectivity index (χ2v) is 5.26. The van der Waals surface area contributed by atoms with Crippen LogP contribution in [-0.4, -0.2) is 43.6 Å². The Morgan fingerprint density at radius 3 is 3.06 bits per heavy atom. The first-order valence-corrected chi connectivity index (χ1v) is 7.26. The summed E-state index contributed by atoms with van der Waals surface area (Å²) >= 11 is 3.00. The molecule has 0 radical (unpaired) electrons. The summed E-state index contributed by atoms with van der Waals surface area (Å²) in [5.74, 6) is 0.257. The molecule has 1 atom stereocenters. The lowest BCUT2D eigenvalue weighted by Gasteiger charge is -2.13. The van der Waals surface area contributed by atoms with Crippen molar-refractivity contribution in [3.63, 3.8) is 0 Å². The van der Waals surface area contributed by atoms with Crippen molar-refractivity contribution in [2.24, 2.45) is 0 Å². The lowest BCUT2D eigenvalue weighted by Crippen LogP contribution is -2.08. The Kier molecular flexibility index (Phi) is 5.68. The highest BCUT2D eigenvalue weighted by molar-refractivity contribution is 7.99. The van der Waals surface area contributed by atoms with Crippen molar-refractivity contribution in [3.8, 4) is 0 Å². The van der Waals surface area contributed by atoms with Crippen LogP contribution in [0.4, 0.5) is 0 Å². The van der Waals surface area contributed by atoms with E-state index < -0.39 is 5.97 Å². The van der Waals surface area contributed by atoms with E-state index in [1.165, 1.54) is 11.8 Å². The molecule has 0 saturated carbocycles. The summed E-state index contributed by atoms with van der Waals surface area (Å²) < 4.78 is 1.93. The van der Waals surface area contributed by atoms with Gasteiger partial charge < -0.3 is 9.67 Å². The summed E-state index contributed by atoms with van der Waals surface area (Å²) in [4.78, 5) is 10.5. The number of nitrogens with zero attached hydrogens (tertiary/aromatic N) is 3. The average Bonchev–Trinajstić information content (AvgIpc) is 2.71. The molecule has 7 heteroatoms. The Hall–Kier alpha value is -0.690. The predicted molar refractivity (Wildman–Crippen MR) is 66.1 cm³/mol. The Balaban J connectivity index is 2.58. The molecule has 0 aliphatic heterocycles. The summed E-state index contributed by atoms with van der Waals surface area (Å²) in [5, 5.41) is 17.0. The van der Waals surface area contributed by atoms with E-state index in [-0.39, 0.29) is 5.75 Å². The summed E-state index contributed by atoms with van der Waals surface area (Å²) in [6.07, 6.45) is 4.76. The maximum Gasteiger partial charge on any atom is 0.313 e. The molecule has 5 nitrogen and oxygen atoms in total. The van der Waals surface area contributed by atoms with Crippen molar-refractivity contribution in [2.45, 2.75) is 24.5 Å². The van der Waals surface area contributed by atoms with E-state index in [0.717, 1.165) is 12.2 Å². The van der Waals surface area contributed by atoms with Crippen molar-refractivity contribution < 1.29 is 9.90 Å². The number of carboxylic acid groups (broad SMARTS) is 1. The molecule has 0 aliphatic rings. The summed E-state index contributed by atoms with van der Waals surface area (Å²) in [5.41, 5.74) is 0. The van der Waals surface area contributed by atoms with Crippen LogP contribution in [0.25, 0.3) is 0 Å². The van der Waals surface area contributed by atoms with Crippen LogP contribution in [0.1, 0.15) is 19.4 Å². The zero-order valence-electron chi connectivity index (χ0n) is 9.29. The van der Waals surface area contributed by atoms with Crippen LogP contribution in [0.5, 0.6) is 0 Å². The normalized spacial score (nSPS) is 12.6. The smallest absolute Gasteiger partial charge is 0.313 e. The third-order valence-corrected chi connectivity index (χ3v) is 3.67. The highest BCUT2D eigenvalue weighted by Gasteiger charge is 2.12. The number of aromatic nitrogens is 3. The zero-order valence-corrected chi connectivity index (χ0v) is 10.9. The van der Waals surface area contributed by atoms with Gasteiger partial charge >= 0.3 is 5.97 Å². The summed E-state index contributed by atoms with van der Waals surface area (Å²) in [6, 6.07) is 0.304. The molecule has 0 spiro atoms. The van der Waals surface area contributed by atoms with Gasteiger partial charge in [0.1, 0.15) is 6.33 Å². The largest absolute Gasteiger partial charge is 0.481 e. The van der Waals surface area contributed by atoms with Crippen molar-refractivity contribution in [2.75, 3.05) is 17.8 Å². The summed E-state index contributed by atoms with van der Waals surface area (Å²) in [7, 11) is 0. The fourth-order valence-electron chi connectivity index (χ4n) is 1.19. The molecule has 0 aliphatic carbocycles. The van der Waals surface area contributed by atoms with Crippen LogP contribution >= 0.6 is 23.5 Å². The van der Waals surface area contributed by atoms with E-state index in [4.69, 9.17) is 5.11 Å². The highest BCUT2D eigenvalue weighted by Crippen LogP contribution is 2.21. The van der Waals surface area contributed by atoms with Gasteiger partial charge in [-0.05, 0) is 25.4 Å². The molecular weight excluding hydrogens is 246 g/mol. The van der Waals surface area contributed by atoms with E-state index in [2.05, 4.69) is 23.4 Å². The van der Waals surface area contributed by atoms with Crippen molar-refractivity contribution in [1.29, 1.82) is 0 Å². The molecule has 0 bridgehead atoms. The number of carbonyl (C=O) groups is 1. The molecule has 1 aromatic heterocycles. The minimum absolute atomic E-state index is 0.0218. The lowest BCUT2D eigenvalue weighted by molar-refractivity contribution is -0.133. The van der Waals surface area contributed by atoms with Crippen molar-refractivity contribution in [1.82, 2.24) is 14.8 Å². The summed E-state index contributed by atoms with van der Waals surface area (Å²) in [6.45, 7) is 2.09. The lowest BCUT2D eigenvalue weighted by atomic mass is 10.3. The second-order valence-electron chi connectivity index (χ2n) is 3.33. The first-order valence-electron chi connectivity index (χ1n) is 4.88. The molecule has 1 unspecified atom stereocenters. The van der Waals surface area contributed by atoms with Gasteiger partial charge in [-0.2, -0.15) is 11.8 Å². The fraction of sp³-hybridized carbons (Fsp3) is 0.667. The van der Waals surface area contributed by atoms with Crippen LogP contribution in [0.2, 0.25) is 0 Å². The first-order chi connectivity index (χ1) is 7.65. The Morgan fingerprint density at radius 1 is 1.69 bits per heavy atom. The monoisotopic (exact) mass is 261 g/mol. The van der Waals surface area contributed by atoms with Gasteiger partial charge in [0.25, 0.3) is 0 Å². The number of rotatable bonds is 7. The quantitative estimate of drug-likeness (QED) is 0.754. The molecule has 16 heavy (non-hydrogen) atoms. The molecule has 0 fully saturated rings. The molecule has 0 saturated heterocycles. The average molecular weight is 261 g/mol. The highest BCUT2D eigenvalue weighted by atomic mass is 32.2. The van der Waals surface area contributed by atoms with Crippen LogP contribution in [0, 0.1) is 0 Å². The SMILES string of the molecule is CSCCC(C)n1cnnc1SCC(=O)O. The van der Waals surface area contributed by atoms with Crippen LogP contribution in [0.3, 0.4) is 0 Å². The van der Waals surface area contributed by atoms with Crippen LogP contribution in [0.15, 0.2) is 11.5 Å². The Labute approximate surface area is 103 Å². The maximum absolute atomic E-state index is 10.5. The Morgan fingerprint density at radius 2 is 2.44 bits per heavy atom. The number of hydrogen-bond donors (Lipinski definition) is 1. The van der Waals surface area contributed by atoms with Gasteiger partial charge in [-0.15, -0.1) is 10.2 Å². The molecule has 0 aromatic carbocycles. The number of carboxylic acids is 1. The van der Waals surface area contributed by atoms with E-state index in [1.54, 1.807) is 18.1 Å². The van der Waals surface area contributed by atoms with Gasteiger partial charge in [0.2, 0.25) is 0 Å². The number of thioether (sulfide) groups is 2. The minimum Gasteiger partial charge on any atom is -0.481 e. The van der Waals surface area contributed by atoms with E-state index in [9.17, 15) is 4.79 Å². The van der Waals surface area contributed by atoms with Crippen molar-refractivity contribution in [3.05, 3.63) is 6.33 Å². The van der Waals surface area contributed by atoms with E-state index in [0.29, 0.717) is 11.2 Å². The second kappa shape index (κ2) is 6.80. The number of hydrogen-bond acceptors (Lipinski definition) is 5. The van der Waals surface area contributed by atoms with Crippen LogP contribution < -0.4 is 0 Å². The molecule has 0 amide bonds. The predicted octanol–water partition coefficient (Wildman–Crippen LogP) is 1.77. The molecule has 1 aromatic rings. The molecule has 1 rings (SSSR count). The van der Waals surface area contributed by atoms with Crippen LogP contribution in [-0.2, 0) is 4.79 Å². The fourth-order valence-corrected chi connectivity index (χ4v) is 2.50. The number of aliphatic carboxylic acids is 1. The van der Waals surface area contributed by atoms with Gasteiger partial charge in [0, 0.05) is 6.04 Å². The molecule has 1 N–H and O–H groups in total.